The number of halogens is 1. The van der Waals surface area contributed by atoms with Crippen LogP contribution in [0.2, 0.25) is 0 Å². The lowest BCUT2D eigenvalue weighted by molar-refractivity contribution is 0.0303. The number of nitrogens with zero attached hydrogens (tertiary/aromatic N) is 4. The van der Waals surface area contributed by atoms with Gasteiger partial charge in [-0.3, -0.25) is 9.36 Å². The minimum atomic E-state index is -0.466. The van der Waals surface area contributed by atoms with Gasteiger partial charge in [-0.25, -0.2) is 14.4 Å². The summed E-state index contributed by atoms with van der Waals surface area (Å²) in [6, 6.07) is 9.49. The molecule has 9 heteroatoms. The van der Waals surface area contributed by atoms with Gasteiger partial charge < -0.3 is 14.7 Å². The zero-order chi connectivity index (χ0) is 22.9. The molecule has 1 fully saturated rings. The fourth-order valence-corrected chi connectivity index (χ4v) is 4.53. The van der Waals surface area contributed by atoms with Gasteiger partial charge in [0.25, 0.3) is 5.91 Å². The van der Waals surface area contributed by atoms with E-state index < -0.39 is 5.82 Å². The normalized spacial score (nSPS) is 14.1. The number of ether oxygens (including phenoxy) is 1. The van der Waals surface area contributed by atoms with E-state index in [1.807, 2.05) is 35.2 Å². The molecule has 0 atom stereocenters. The highest BCUT2D eigenvalue weighted by molar-refractivity contribution is 7.98. The second-order valence-corrected chi connectivity index (χ2v) is 8.49. The molecule has 5 rings (SSSR count). The first kappa shape index (κ1) is 21.4. The molecule has 1 amide bonds. The van der Waals surface area contributed by atoms with Crippen LogP contribution in [0.3, 0.4) is 0 Å². The highest BCUT2D eigenvalue weighted by atomic mass is 32.2. The van der Waals surface area contributed by atoms with Crippen molar-refractivity contribution in [1.29, 1.82) is 0 Å². The number of thioether (sulfide) groups is 1. The van der Waals surface area contributed by atoms with Crippen LogP contribution in [0.1, 0.15) is 10.4 Å². The summed E-state index contributed by atoms with van der Waals surface area (Å²) in [5, 5.41) is 10.7. The molecular weight excluding hydrogens is 443 g/mol. The van der Waals surface area contributed by atoms with Crippen molar-refractivity contribution in [2.45, 2.75) is 4.90 Å². The minimum Gasteiger partial charge on any atom is -0.508 e. The summed E-state index contributed by atoms with van der Waals surface area (Å²) in [7, 11) is 0. The standard InChI is InChI=1S/C24H21FN4O3S/c1-33-22-14-29(24-26-12-16(13-27-24)19-11-17(30)3-5-20(19)25)21-10-15(2-4-18(21)22)23(31)28-6-8-32-9-7-28/h2-5,10-14,30H,6-9H2,1H3. The lowest BCUT2D eigenvalue weighted by atomic mass is 10.1. The number of phenolic OH excluding ortho intramolecular Hbond substituents is 1. The molecule has 4 aromatic rings. The number of benzene rings is 2. The first-order valence-electron chi connectivity index (χ1n) is 10.4. The predicted molar refractivity (Wildman–Crippen MR) is 124 cm³/mol. The van der Waals surface area contributed by atoms with E-state index in [2.05, 4.69) is 9.97 Å². The van der Waals surface area contributed by atoms with Crippen molar-refractivity contribution in [2.24, 2.45) is 0 Å². The predicted octanol–water partition coefficient (Wildman–Crippen LogP) is 4.13. The van der Waals surface area contributed by atoms with Crippen LogP contribution in [0.15, 0.2) is 59.9 Å². The van der Waals surface area contributed by atoms with Gasteiger partial charge in [0.2, 0.25) is 5.95 Å². The van der Waals surface area contributed by atoms with E-state index in [0.29, 0.717) is 43.4 Å². The van der Waals surface area contributed by atoms with Gasteiger partial charge in [0, 0.05) is 58.7 Å². The number of phenols is 1. The van der Waals surface area contributed by atoms with Gasteiger partial charge in [0.05, 0.1) is 18.7 Å². The van der Waals surface area contributed by atoms with Crippen LogP contribution in [0.25, 0.3) is 28.0 Å². The molecule has 168 valence electrons. The van der Waals surface area contributed by atoms with Gasteiger partial charge in [0.15, 0.2) is 0 Å². The Morgan fingerprint density at radius 3 is 2.61 bits per heavy atom. The lowest BCUT2D eigenvalue weighted by Gasteiger charge is -2.26. The third kappa shape index (κ3) is 4.05. The summed E-state index contributed by atoms with van der Waals surface area (Å²) in [5.41, 5.74) is 2.09. The number of aromatic hydroxyl groups is 1. The molecular formula is C24H21FN4O3S. The molecule has 1 aliphatic rings. The van der Waals surface area contributed by atoms with Gasteiger partial charge in [-0.15, -0.1) is 11.8 Å². The molecule has 0 radical (unpaired) electrons. The molecule has 2 aromatic carbocycles. The number of hydrogen-bond donors (Lipinski definition) is 1. The van der Waals surface area contributed by atoms with Crippen LogP contribution in [-0.2, 0) is 4.74 Å². The van der Waals surface area contributed by atoms with Gasteiger partial charge in [-0.1, -0.05) is 6.07 Å². The summed E-state index contributed by atoms with van der Waals surface area (Å²) < 4.78 is 21.4. The van der Waals surface area contributed by atoms with Crippen molar-refractivity contribution in [3.05, 3.63) is 66.4 Å². The Morgan fingerprint density at radius 2 is 1.88 bits per heavy atom. The average molecular weight is 465 g/mol. The number of carbonyl (C=O) groups excluding carboxylic acids is 1. The van der Waals surface area contributed by atoms with Gasteiger partial charge in [-0.05, 0) is 36.6 Å². The molecule has 33 heavy (non-hydrogen) atoms. The molecule has 1 saturated heterocycles. The third-order valence-electron chi connectivity index (χ3n) is 5.65. The molecule has 3 heterocycles. The van der Waals surface area contributed by atoms with Crippen LogP contribution in [-0.4, -0.2) is 63.0 Å². The largest absolute Gasteiger partial charge is 0.508 e. The lowest BCUT2D eigenvalue weighted by Crippen LogP contribution is -2.40. The Balaban J connectivity index is 1.54. The van der Waals surface area contributed by atoms with Gasteiger partial charge >= 0.3 is 0 Å². The molecule has 0 saturated carbocycles. The Hall–Kier alpha value is -3.43. The second kappa shape index (κ2) is 8.84. The van der Waals surface area contributed by atoms with E-state index in [9.17, 15) is 14.3 Å². The molecule has 2 aromatic heterocycles. The van der Waals surface area contributed by atoms with Crippen molar-refractivity contribution in [2.75, 3.05) is 32.6 Å². The molecule has 0 spiro atoms. The molecule has 1 N–H and O–H groups in total. The van der Waals surface area contributed by atoms with Crippen LogP contribution >= 0.6 is 11.8 Å². The Morgan fingerprint density at radius 1 is 1.12 bits per heavy atom. The second-order valence-electron chi connectivity index (χ2n) is 7.64. The molecule has 7 nitrogen and oxygen atoms in total. The van der Waals surface area contributed by atoms with Gasteiger partial charge in [0.1, 0.15) is 11.6 Å². The molecule has 0 bridgehead atoms. The van der Waals surface area contributed by atoms with E-state index in [-0.39, 0.29) is 17.2 Å². The monoisotopic (exact) mass is 464 g/mol. The average Bonchev–Trinajstić information content (AvgIpc) is 3.24. The summed E-state index contributed by atoms with van der Waals surface area (Å²) in [6.07, 6.45) is 6.96. The number of morpholine rings is 1. The third-order valence-corrected chi connectivity index (χ3v) is 6.41. The van der Waals surface area contributed by atoms with E-state index in [1.54, 1.807) is 16.7 Å². The number of fused-ring (bicyclic) bond motifs is 1. The number of amides is 1. The Labute approximate surface area is 193 Å². The topological polar surface area (TPSA) is 80.5 Å². The minimum absolute atomic E-state index is 0.0331. The SMILES string of the molecule is CSc1cn(-c2ncc(-c3cc(O)ccc3F)cn2)c2cc(C(=O)N3CCOCC3)ccc12. The van der Waals surface area contributed by atoms with E-state index in [4.69, 9.17) is 4.74 Å². The van der Waals surface area contributed by atoms with E-state index in [0.717, 1.165) is 15.8 Å². The van der Waals surface area contributed by atoms with Crippen molar-refractivity contribution in [1.82, 2.24) is 19.4 Å². The first-order valence-corrected chi connectivity index (χ1v) is 11.6. The van der Waals surface area contributed by atoms with E-state index in [1.165, 1.54) is 30.6 Å². The number of aromatic nitrogens is 3. The fourth-order valence-electron chi connectivity index (χ4n) is 3.93. The molecule has 0 unspecified atom stereocenters. The Bertz CT molecular complexity index is 1330. The van der Waals surface area contributed by atoms with Crippen molar-refractivity contribution in [3.8, 4) is 22.8 Å². The van der Waals surface area contributed by atoms with Gasteiger partial charge in [-0.2, -0.15) is 0 Å². The van der Waals surface area contributed by atoms with Crippen LogP contribution < -0.4 is 0 Å². The smallest absolute Gasteiger partial charge is 0.254 e. The highest BCUT2D eigenvalue weighted by Crippen LogP contribution is 2.32. The summed E-state index contributed by atoms with van der Waals surface area (Å²) in [4.78, 5) is 24.7. The quantitative estimate of drug-likeness (QED) is 0.458. The summed E-state index contributed by atoms with van der Waals surface area (Å²) in [6.45, 7) is 2.23. The zero-order valence-electron chi connectivity index (χ0n) is 17.9. The molecule has 1 aliphatic heterocycles. The summed E-state index contributed by atoms with van der Waals surface area (Å²) in [5.74, 6) is -0.129. The Kier molecular flexibility index (Phi) is 5.74. The maximum absolute atomic E-state index is 14.2. The molecule has 0 aliphatic carbocycles. The zero-order valence-corrected chi connectivity index (χ0v) is 18.7. The first-order chi connectivity index (χ1) is 16.0. The maximum Gasteiger partial charge on any atom is 0.254 e. The van der Waals surface area contributed by atoms with Crippen LogP contribution in [0.4, 0.5) is 4.39 Å². The van der Waals surface area contributed by atoms with Crippen LogP contribution in [0, 0.1) is 5.82 Å². The summed E-state index contributed by atoms with van der Waals surface area (Å²) >= 11 is 1.59. The van der Waals surface area contributed by atoms with Crippen molar-refractivity contribution in [3.63, 3.8) is 0 Å². The fraction of sp³-hybridized carbons (Fsp3) is 0.208. The number of rotatable bonds is 4. The van der Waals surface area contributed by atoms with E-state index >= 15 is 0 Å². The van der Waals surface area contributed by atoms with Crippen LogP contribution in [0.5, 0.6) is 5.75 Å². The highest BCUT2D eigenvalue weighted by Gasteiger charge is 2.20. The van der Waals surface area contributed by atoms with Crippen molar-refractivity contribution < 1.29 is 19.0 Å². The maximum atomic E-state index is 14.2. The number of hydrogen-bond acceptors (Lipinski definition) is 6. The number of carbonyl (C=O) groups is 1. The van der Waals surface area contributed by atoms with Crippen molar-refractivity contribution >= 4 is 28.6 Å².